The summed E-state index contributed by atoms with van der Waals surface area (Å²) in [6, 6.07) is 0. The van der Waals surface area contributed by atoms with Crippen molar-refractivity contribution in [3.63, 3.8) is 0 Å². The van der Waals surface area contributed by atoms with Crippen LogP contribution in [0.4, 0.5) is 0 Å². The van der Waals surface area contributed by atoms with Crippen molar-refractivity contribution in [1.82, 2.24) is 0 Å². The highest BCUT2D eigenvalue weighted by atomic mass is 16.7. The summed E-state index contributed by atoms with van der Waals surface area (Å²) < 4.78 is 16.9. The molecule has 4 saturated carbocycles. The lowest BCUT2D eigenvalue weighted by molar-refractivity contribution is -0.212. The zero-order valence-corrected chi connectivity index (χ0v) is 26.4. The Labute approximate surface area is 251 Å². The smallest absolute Gasteiger partial charge is 0.337 e. The van der Waals surface area contributed by atoms with Gasteiger partial charge in [0.05, 0.1) is 13.2 Å². The first-order chi connectivity index (χ1) is 19.8. The molecule has 42 heavy (non-hydrogen) atoms. The van der Waals surface area contributed by atoms with Crippen LogP contribution >= 0.6 is 0 Å². The van der Waals surface area contributed by atoms with Crippen LogP contribution in [0.3, 0.4) is 0 Å². The molecule has 0 amide bonds. The molecule has 6 fully saturated rings. The lowest BCUT2D eigenvalue weighted by Gasteiger charge is -2.67. The second-order valence-electron chi connectivity index (χ2n) is 16.7. The minimum atomic E-state index is -0.970. The van der Waals surface area contributed by atoms with Gasteiger partial charge >= 0.3 is 5.97 Å². The molecule has 2 N–H and O–H groups in total. The number of ether oxygens (including phenoxy) is 3. The van der Waals surface area contributed by atoms with Crippen LogP contribution in [0.15, 0.2) is 11.6 Å². The largest absolute Gasteiger partial charge is 0.467 e. The average molecular weight is 585 g/mol. The maximum atomic E-state index is 12.7. The Morgan fingerprint density at radius 1 is 1.00 bits per heavy atom. The molecule has 0 aromatic heterocycles. The Bertz CT molecular complexity index is 1180. The van der Waals surface area contributed by atoms with Crippen molar-refractivity contribution in [3.05, 3.63) is 11.6 Å². The molecule has 7 rings (SSSR count). The van der Waals surface area contributed by atoms with Crippen LogP contribution < -0.4 is 0 Å². The van der Waals surface area contributed by atoms with Crippen molar-refractivity contribution in [2.45, 2.75) is 135 Å². The summed E-state index contributed by atoms with van der Waals surface area (Å²) in [5.41, 5.74) is 1.64. The molecule has 5 aliphatic carbocycles. The number of carbonyl (C=O) groups is 2. The average Bonchev–Trinajstić information content (AvgIpc) is 3.76. The Balaban J connectivity index is 1.23. The Morgan fingerprint density at radius 2 is 1.76 bits per heavy atom. The first kappa shape index (κ1) is 29.4. The molecule has 0 radical (unpaired) electrons. The highest BCUT2D eigenvalue weighted by Crippen LogP contribution is 2.71. The van der Waals surface area contributed by atoms with E-state index in [1.54, 1.807) is 0 Å². The number of rotatable bonds is 3. The molecule has 0 spiro atoms. The van der Waals surface area contributed by atoms with Crippen LogP contribution in [0.1, 0.15) is 98.8 Å². The van der Waals surface area contributed by atoms with Gasteiger partial charge in [0.25, 0.3) is 0 Å². The molecule has 2 aliphatic heterocycles. The van der Waals surface area contributed by atoms with Crippen molar-refractivity contribution >= 4 is 11.8 Å². The number of aliphatic hydroxyl groups excluding tert-OH is 2. The van der Waals surface area contributed by atoms with E-state index in [9.17, 15) is 19.8 Å². The van der Waals surface area contributed by atoms with Crippen molar-refractivity contribution in [2.75, 3.05) is 7.11 Å². The van der Waals surface area contributed by atoms with E-state index in [0.29, 0.717) is 23.5 Å². The van der Waals surface area contributed by atoms with E-state index in [1.807, 2.05) is 0 Å². The fourth-order valence-corrected chi connectivity index (χ4v) is 12.0. The molecule has 7 heteroatoms. The number of methoxy groups -OCH3 is 1. The number of allylic oxidation sites excluding steroid dienone is 2. The van der Waals surface area contributed by atoms with E-state index in [4.69, 9.17) is 14.2 Å². The predicted octanol–water partition coefficient (Wildman–Crippen LogP) is 5.01. The van der Waals surface area contributed by atoms with Gasteiger partial charge in [0.1, 0.15) is 30.2 Å². The minimum absolute atomic E-state index is 0.155. The Kier molecular flexibility index (Phi) is 6.73. The van der Waals surface area contributed by atoms with Crippen LogP contribution in [-0.2, 0) is 23.8 Å². The van der Waals surface area contributed by atoms with E-state index in [1.165, 1.54) is 12.7 Å². The standard InChI is InChI=1S/C35H52O7/c1-18-20-9-12-34(5)21-10-14-35(30(38)27-25(37)26-28(41-26)29(42-27)31(39)40-6)16-15-32(2,3)17-22(35)19(21)7-8-24(34)33(20,4)13-11-23(18)36/h7,18,20-22,24-30,37-38H,8-17H2,1-6H3. The quantitative estimate of drug-likeness (QED) is 0.273. The van der Waals surface area contributed by atoms with E-state index in [0.717, 1.165) is 64.2 Å². The molecular formula is C35H52O7. The highest BCUT2D eigenvalue weighted by molar-refractivity contribution is 5.82. The number of hydrogen-bond donors (Lipinski definition) is 2. The van der Waals surface area contributed by atoms with Crippen LogP contribution in [0.2, 0.25) is 0 Å². The number of aliphatic hydroxyl groups is 2. The third-order valence-electron chi connectivity index (χ3n) is 14.4. The molecule has 7 nitrogen and oxygen atoms in total. The zero-order chi connectivity index (χ0) is 30.0. The third kappa shape index (κ3) is 3.98. The SMILES string of the molecule is COC(=O)C1OC(C(O)C23CCC4C(=CCC5C4(C)CCC4C(C)C(=O)CCC45C)C2CC(C)(C)CC3)C(O)C2OC12. The van der Waals surface area contributed by atoms with Crippen molar-refractivity contribution in [2.24, 2.45) is 51.2 Å². The molecule has 234 valence electrons. The number of ketones is 1. The van der Waals surface area contributed by atoms with Gasteiger partial charge in [-0.2, -0.15) is 0 Å². The van der Waals surface area contributed by atoms with E-state index in [-0.39, 0.29) is 28.1 Å². The van der Waals surface area contributed by atoms with Gasteiger partial charge in [-0.3, -0.25) is 4.79 Å². The van der Waals surface area contributed by atoms with Gasteiger partial charge < -0.3 is 24.4 Å². The maximum Gasteiger partial charge on any atom is 0.337 e. The number of Topliss-reactive ketones (excluding diaryl/α,β-unsaturated/α-hetero) is 1. The van der Waals surface area contributed by atoms with Crippen molar-refractivity contribution < 1.29 is 34.0 Å². The van der Waals surface area contributed by atoms with E-state index >= 15 is 0 Å². The van der Waals surface area contributed by atoms with E-state index < -0.39 is 48.0 Å². The molecule has 2 saturated heterocycles. The minimum Gasteiger partial charge on any atom is -0.467 e. The second-order valence-corrected chi connectivity index (χ2v) is 16.7. The summed E-state index contributed by atoms with van der Waals surface area (Å²) in [7, 11) is 1.34. The third-order valence-corrected chi connectivity index (χ3v) is 14.4. The first-order valence-electron chi connectivity index (χ1n) is 16.7. The molecule has 2 heterocycles. The van der Waals surface area contributed by atoms with Crippen LogP contribution in [0.5, 0.6) is 0 Å². The van der Waals surface area contributed by atoms with Gasteiger partial charge in [-0.05, 0) is 97.7 Å². The van der Waals surface area contributed by atoms with Gasteiger partial charge in [0.2, 0.25) is 0 Å². The molecule has 0 aromatic rings. The van der Waals surface area contributed by atoms with Gasteiger partial charge in [-0.15, -0.1) is 0 Å². The lowest BCUT2D eigenvalue weighted by atomic mass is 9.38. The second kappa shape index (κ2) is 9.61. The number of hydrogen-bond acceptors (Lipinski definition) is 7. The summed E-state index contributed by atoms with van der Waals surface area (Å²) in [5.74, 6) is 1.83. The monoisotopic (exact) mass is 584 g/mol. The molecule has 0 bridgehead atoms. The van der Waals surface area contributed by atoms with Gasteiger partial charge in [0.15, 0.2) is 6.10 Å². The van der Waals surface area contributed by atoms with Gasteiger partial charge in [0, 0.05) is 17.8 Å². The highest BCUT2D eigenvalue weighted by Gasteiger charge is 2.67. The number of fused-ring (bicyclic) bond motifs is 8. The molecular weight excluding hydrogens is 532 g/mol. The van der Waals surface area contributed by atoms with Crippen molar-refractivity contribution in [3.8, 4) is 0 Å². The van der Waals surface area contributed by atoms with Crippen LogP contribution in [-0.4, -0.2) is 65.7 Å². The topological polar surface area (TPSA) is 106 Å². The van der Waals surface area contributed by atoms with Crippen LogP contribution in [0, 0.1) is 51.2 Å². The van der Waals surface area contributed by atoms with E-state index in [2.05, 4.69) is 40.7 Å². The first-order valence-corrected chi connectivity index (χ1v) is 16.7. The predicted molar refractivity (Wildman–Crippen MR) is 156 cm³/mol. The summed E-state index contributed by atoms with van der Waals surface area (Å²) in [6.07, 6.45) is 7.75. The maximum absolute atomic E-state index is 12.7. The number of esters is 1. The fourth-order valence-electron chi connectivity index (χ4n) is 12.0. The molecule has 14 unspecified atom stereocenters. The van der Waals surface area contributed by atoms with Gasteiger partial charge in [-0.25, -0.2) is 4.79 Å². The van der Waals surface area contributed by atoms with Crippen LogP contribution in [0.25, 0.3) is 0 Å². The lowest BCUT2D eigenvalue weighted by Crippen LogP contribution is -2.63. The zero-order valence-electron chi connectivity index (χ0n) is 26.4. The number of epoxide rings is 1. The van der Waals surface area contributed by atoms with Gasteiger partial charge in [-0.1, -0.05) is 46.3 Å². The summed E-state index contributed by atoms with van der Waals surface area (Å²) in [6.45, 7) is 11.9. The molecule has 14 atom stereocenters. The summed E-state index contributed by atoms with van der Waals surface area (Å²) in [4.78, 5) is 25.3. The Hall–Kier alpha value is -1.28. The normalized spacial score (nSPS) is 53.2. The molecule has 7 aliphatic rings. The van der Waals surface area contributed by atoms with Crippen molar-refractivity contribution in [1.29, 1.82) is 0 Å². The fraction of sp³-hybridized carbons (Fsp3) is 0.886. The number of carbonyl (C=O) groups excluding carboxylic acids is 2. The summed E-state index contributed by atoms with van der Waals surface area (Å²) >= 11 is 0. The molecule has 0 aromatic carbocycles. The summed E-state index contributed by atoms with van der Waals surface area (Å²) in [5, 5.41) is 23.6. The Morgan fingerprint density at radius 3 is 2.50 bits per heavy atom.